The summed E-state index contributed by atoms with van der Waals surface area (Å²) in [7, 11) is 0. The van der Waals surface area contributed by atoms with E-state index in [1.54, 1.807) is 25.1 Å². The van der Waals surface area contributed by atoms with E-state index in [1.165, 1.54) is 19.3 Å². The molecule has 0 saturated heterocycles. The van der Waals surface area contributed by atoms with E-state index in [9.17, 15) is 14.4 Å². The lowest BCUT2D eigenvalue weighted by atomic mass is 9.53. The Hall–Kier alpha value is -2.57. The Labute approximate surface area is 164 Å². The molecule has 4 aliphatic rings. The third-order valence-corrected chi connectivity index (χ3v) is 6.55. The van der Waals surface area contributed by atoms with Crippen LogP contribution >= 0.6 is 0 Å². The minimum Gasteiger partial charge on any atom is -0.452 e. The van der Waals surface area contributed by atoms with Crippen molar-refractivity contribution in [3.8, 4) is 0 Å². The van der Waals surface area contributed by atoms with Crippen LogP contribution in [-0.2, 0) is 9.53 Å². The van der Waals surface area contributed by atoms with Crippen LogP contribution in [0.3, 0.4) is 0 Å². The molecule has 4 saturated carbocycles. The topological polar surface area (TPSA) is 111 Å². The van der Waals surface area contributed by atoms with Gasteiger partial charge in [0.1, 0.15) is 0 Å². The van der Waals surface area contributed by atoms with Crippen LogP contribution in [0.2, 0.25) is 0 Å². The van der Waals surface area contributed by atoms with Gasteiger partial charge in [0.05, 0.1) is 5.56 Å². The van der Waals surface area contributed by atoms with Crippen LogP contribution in [0.25, 0.3) is 0 Å². The van der Waals surface area contributed by atoms with Gasteiger partial charge >= 0.3 is 12.0 Å². The number of anilines is 1. The van der Waals surface area contributed by atoms with Crippen molar-refractivity contribution < 1.29 is 19.1 Å². The summed E-state index contributed by atoms with van der Waals surface area (Å²) in [6, 6.07) is 4.52. The van der Waals surface area contributed by atoms with E-state index in [1.807, 2.05) is 0 Å². The van der Waals surface area contributed by atoms with Gasteiger partial charge in [-0.3, -0.25) is 10.1 Å². The fourth-order valence-electron chi connectivity index (χ4n) is 5.77. The Bertz CT molecular complexity index is 785. The maximum absolute atomic E-state index is 12.3. The number of carbonyl (C=O) groups excluding carboxylic acids is 3. The number of benzene rings is 1. The molecular weight excluding hydrogens is 358 g/mol. The summed E-state index contributed by atoms with van der Waals surface area (Å²) in [4.78, 5) is 36.5. The average molecular weight is 385 g/mol. The molecule has 28 heavy (non-hydrogen) atoms. The van der Waals surface area contributed by atoms with Crippen molar-refractivity contribution in [2.45, 2.75) is 51.0 Å². The van der Waals surface area contributed by atoms with Gasteiger partial charge in [0.25, 0.3) is 5.91 Å². The van der Waals surface area contributed by atoms with Gasteiger partial charge in [-0.1, -0.05) is 12.1 Å². The monoisotopic (exact) mass is 385 g/mol. The van der Waals surface area contributed by atoms with Gasteiger partial charge < -0.3 is 15.8 Å². The molecule has 1 aromatic carbocycles. The van der Waals surface area contributed by atoms with Crippen LogP contribution in [0.5, 0.6) is 0 Å². The zero-order valence-electron chi connectivity index (χ0n) is 16.1. The molecular formula is C21H27N3O4. The molecule has 0 unspecified atom stereocenters. The number of ether oxygens (including phenoxy) is 1. The number of carbonyl (C=O) groups is 3. The largest absolute Gasteiger partial charge is 0.452 e. The van der Waals surface area contributed by atoms with Gasteiger partial charge in [-0.25, -0.2) is 9.59 Å². The molecule has 4 N–H and O–H groups in total. The second kappa shape index (κ2) is 7.11. The molecule has 0 spiro atoms. The predicted molar refractivity (Wildman–Crippen MR) is 103 cm³/mol. The van der Waals surface area contributed by atoms with E-state index in [-0.39, 0.29) is 11.1 Å². The van der Waals surface area contributed by atoms with Crippen molar-refractivity contribution in [3.05, 3.63) is 29.3 Å². The maximum Gasteiger partial charge on any atom is 0.340 e. The van der Waals surface area contributed by atoms with Crippen LogP contribution in [0.15, 0.2) is 18.2 Å². The highest BCUT2D eigenvalue weighted by molar-refractivity contribution is 5.99. The van der Waals surface area contributed by atoms with Crippen molar-refractivity contribution in [2.24, 2.45) is 17.8 Å². The second-order valence-corrected chi connectivity index (χ2v) is 8.81. The first-order chi connectivity index (χ1) is 13.3. The normalized spacial score (nSPS) is 30.0. The molecule has 0 radical (unpaired) electrons. The lowest BCUT2D eigenvalue weighted by molar-refractivity contribution is -0.123. The number of esters is 1. The van der Waals surface area contributed by atoms with Crippen LogP contribution in [0.1, 0.15) is 54.4 Å². The van der Waals surface area contributed by atoms with E-state index in [0.717, 1.165) is 24.8 Å². The quantitative estimate of drug-likeness (QED) is 0.545. The smallest absolute Gasteiger partial charge is 0.340 e. The molecule has 4 fully saturated rings. The Balaban J connectivity index is 1.28. The van der Waals surface area contributed by atoms with Crippen LogP contribution in [0.4, 0.5) is 10.5 Å². The zero-order chi connectivity index (χ0) is 19.9. The summed E-state index contributed by atoms with van der Waals surface area (Å²) in [5.74, 6) is 0.758. The Morgan fingerprint density at radius 3 is 2.32 bits per heavy atom. The zero-order valence-corrected chi connectivity index (χ0v) is 16.1. The first kappa shape index (κ1) is 18.8. The van der Waals surface area contributed by atoms with Gasteiger partial charge in [-0.05, 0) is 74.8 Å². The van der Waals surface area contributed by atoms with Gasteiger partial charge in [0, 0.05) is 11.2 Å². The number of nitrogens with one attached hydrogen (secondary N) is 2. The van der Waals surface area contributed by atoms with Crippen molar-refractivity contribution in [1.82, 2.24) is 10.6 Å². The van der Waals surface area contributed by atoms with Crippen molar-refractivity contribution in [2.75, 3.05) is 12.3 Å². The number of hydrogen-bond acceptors (Lipinski definition) is 5. The number of imide groups is 1. The van der Waals surface area contributed by atoms with Crippen LogP contribution in [-0.4, -0.2) is 30.1 Å². The molecule has 1 aromatic rings. The first-order valence-electron chi connectivity index (χ1n) is 9.98. The van der Waals surface area contributed by atoms with Crippen LogP contribution in [0, 0.1) is 24.7 Å². The van der Waals surface area contributed by atoms with Gasteiger partial charge in [-0.15, -0.1) is 0 Å². The lowest BCUT2D eigenvalue weighted by Crippen LogP contribution is -2.62. The maximum atomic E-state index is 12.3. The minimum absolute atomic E-state index is 0.175. The van der Waals surface area contributed by atoms with Crippen molar-refractivity contribution in [1.29, 1.82) is 0 Å². The molecule has 4 aliphatic carbocycles. The summed E-state index contributed by atoms with van der Waals surface area (Å²) >= 11 is 0. The Morgan fingerprint density at radius 1 is 1.11 bits per heavy atom. The Morgan fingerprint density at radius 2 is 1.71 bits per heavy atom. The summed E-state index contributed by atoms with van der Waals surface area (Å²) in [6.45, 7) is 1.26. The summed E-state index contributed by atoms with van der Waals surface area (Å²) < 4.78 is 5.01. The van der Waals surface area contributed by atoms with Crippen molar-refractivity contribution >= 4 is 23.6 Å². The van der Waals surface area contributed by atoms with Crippen LogP contribution < -0.4 is 16.4 Å². The van der Waals surface area contributed by atoms with Gasteiger partial charge in [-0.2, -0.15) is 0 Å². The number of aryl methyl sites for hydroxylation is 1. The molecule has 0 aliphatic heterocycles. The Kier molecular flexibility index (Phi) is 4.77. The van der Waals surface area contributed by atoms with E-state index in [2.05, 4.69) is 10.6 Å². The van der Waals surface area contributed by atoms with E-state index in [0.29, 0.717) is 23.4 Å². The molecule has 7 nitrogen and oxygen atoms in total. The number of amides is 3. The minimum atomic E-state index is -0.683. The molecule has 7 heteroatoms. The number of urea groups is 1. The third-order valence-electron chi connectivity index (χ3n) is 6.55. The fourth-order valence-corrected chi connectivity index (χ4v) is 5.77. The molecule has 0 atom stereocenters. The molecule has 4 bridgehead atoms. The number of para-hydroxylation sites is 1. The molecule has 150 valence electrons. The second-order valence-electron chi connectivity index (χ2n) is 8.81. The van der Waals surface area contributed by atoms with Crippen molar-refractivity contribution in [3.63, 3.8) is 0 Å². The van der Waals surface area contributed by atoms with Gasteiger partial charge in [0.2, 0.25) is 0 Å². The highest BCUT2D eigenvalue weighted by Gasteiger charge is 2.51. The van der Waals surface area contributed by atoms with Gasteiger partial charge in [0.15, 0.2) is 6.61 Å². The number of nitrogen functional groups attached to an aromatic ring is 1. The summed E-state index contributed by atoms with van der Waals surface area (Å²) in [5, 5.41) is 5.35. The highest BCUT2D eigenvalue weighted by atomic mass is 16.5. The van der Waals surface area contributed by atoms with E-state index in [4.69, 9.17) is 10.5 Å². The summed E-state index contributed by atoms with van der Waals surface area (Å²) in [6.07, 6.45) is 6.84. The molecule has 3 amide bonds. The lowest BCUT2D eigenvalue weighted by Gasteiger charge is -2.56. The number of rotatable bonds is 4. The summed E-state index contributed by atoms with van der Waals surface area (Å²) in [5.41, 5.74) is 6.99. The molecule has 0 heterocycles. The molecule has 0 aromatic heterocycles. The average Bonchev–Trinajstić information content (AvgIpc) is 2.60. The van der Waals surface area contributed by atoms with E-state index >= 15 is 0 Å². The first-order valence-corrected chi connectivity index (χ1v) is 9.98. The van der Waals surface area contributed by atoms with E-state index < -0.39 is 24.5 Å². The number of hydrogen-bond donors (Lipinski definition) is 3. The highest BCUT2D eigenvalue weighted by Crippen LogP contribution is 2.55. The standard InChI is InChI=1S/C21H27N3O4/c1-12-3-2-4-16(18(12)22)19(26)28-11-17(25)23-20(27)24-21-8-13-5-14(9-21)7-15(6-13)10-21/h2-4,13-15H,5-11,22H2,1H3,(H2,23,24,25,27). The number of nitrogens with two attached hydrogens (primary N) is 1. The molecule has 5 rings (SSSR count). The fraction of sp³-hybridized carbons (Fsp3) is 0.571. The third kappa shape index (κ3) is 3.70. The SMILES string of the molecule is Cc1cccc(C(=O)OCC(=O)NC(=O)NC23CC4CC(CC(C4)C2)C3)c1N. The predicted octanol–water partition coefficient (Wildman–Crippen LogP) is 2.53.